The lowest BCUT2D eigenvalue weighted by atomic mass is 9.90. The van der Waals surface area contributed by atoms with Crippen molar-refractivity contribution >= 4 is 12.0 Å². The van der Waals surface area contributed by atoms with Gasteiger partial charge in [0.2, 0.25) is 0 Å². The summed E-state index contributed by atoms with van der Waals surface area (Å²) >= 11 is 0. The number of rotatable bonds is 5. The van der Waals surface area contributed by atoms with Gasteiger partial charge in [0.1, 0.15) is 5.75 Å². The van der Waals surface area contributed by atoms with Crippen LogP contribution in [-0.2, 0) is 11.3 Å². The Morgan fingerprint density at radius 2 is 1.93 bits per heavy atom. The molecule has 0 aromatic heterocycles. The standard InChI is InChI=1S/C21H24N2O4/c1-21(19(24)25)10-11-23(14-21)20(26)22-13-15-6-8-16(9-7-15)17-4-3-5-18(12-17)27-2/h3-9,12H,10-11,13-14H2,1-2H3,(H,22,26)(H,24,25). The molecule has 6 nitrogen and oxygen atoms in total. The van der Waals surface area contributed by atoms with E-state index in [1.165, 1.54) is 0 Å². The molecular formula is C21H24N2O4. The third-order valence-electron chi connectivity index (χ3n) is 5.08. The van der Waals surface area contributed by atoms with Gasteiger partial charge in [-0.1, -0.05) is 36.4 Å². The van der Waals surface area contributed by atoms with Gasteiger partial charge in [0, 0.05) is 19.6 Å². The Hall–Kier alpha value is -3.02. The average Bonchev–Trinajstić information content (AvgIpc) is 3.10. The van der Waals surface area contributed by atoms with E-state index < -0.39 is 11.4 Å². The topological polar surface area (TPSA) is 78.9 Å². The molecule has 1 fully saturated rings. The van der Waals surface area contributed by atoms with Crippen LogP contribution in [0.3, 0.4) is 0 Å². The van der Waals surface area contributed by atoms with Crippen molar-refractivity contribution in [2.45, 2.75) is 19.9 Å². The lowest BCUT2D eigenvalue weighted by molar-refractivity contribution is -0.147. The molecule has 1 saturated heterocycles. The number of nitrogens with zero attached hydrogens (tertiary/aromatic N) is 1. The van der Waals surface area contributed by atoms with Crippen molar-refractivity contribution in [1.82, 2.24) is 10.2 Å². The van der Waals surface area contributed by atoms with Crippen LogP contribution in [0.4, 0.5) is 4.79 Å². The number of ether oxygens (including phenoxy) is 1. The summed E-state index contributed by atoms with van der Waals surface area (Å²) in [6.07, 6.45) is 0.477. The van der Waals surface area contributed by atoms with E-state index in [4.69, 9.17) is 4.74 Å². The van der Waals surface area contributed by atoms with Crippen LogP contribution >= 0.6 is 0 Å². The van der Waals surface area contributed by atoms with Crippen molar-refractivity contribution in [3.63, 3.8) is 0 Å². The van der Waals surface area contributed by atoms with Gasteiger partial charge < -0.3 is 20.1 Å². The SMILES string of the molecule is COc1cccc(-c2ccc(CNC(=O)N3CCC(C)(C(=O)O)C3)cc2)c1. The maximum atomic E-state index is 12.3. The number of urea groups is 1. The Kier molecular flexibility index (Phi) is 5.35. The highest BCUT2D eigenvalue weighted by molar-refractivity contribution is 5.79. The Morgan fingerprint density at radius 1 is 1.19 bits per heavy atom. The number of carbonyl (C=O) groups excluding carboxylic acids is 1. The van der Waals surface area contributed by atoms with Crippen molar-refractivity contribution < 1.29 is 19.4 Å². The van der Waals surface area contributed by atoms with E-state index >= 15 is 0 Å². The van der Waals surface area contributed by atoms with Gasteiger partial charge in [0.25, 0.3) is 0 Å². The zero-order valence-corrected chi connectivity index (χ0v) is 15.6. The molecule has 0 spiro atoms. The number of methoxy groups -OCH3 is 1. The number of amides is 2. The zero-order valence-electron chi connectivity index (χ0n) is 15.6. The van der Waals surface area contributed by atoms with E-state index in [1.807, 2.05) is 48.5 Å². The molecule has 2 aromatic rings. The second-order valence-corrected chi connectivity index (χ2v) is 7.12. The number of hydrogen-bond acceptors (Lipinski definition) is 3. The molecule has 27 heavy (non-hydrogen) atoms. The van der Waals surface area contributed by atoms with Crippen molar-refractivity contribution in [2.24, 2.45) is 5.41 Å². The molecule has 0 bridgehead atoms. The van der Waals surface area contributed by atoms with Gasteiger partial charge >= 0.3 is 12.0 Å². The predicted octanol–water partition coefficient (Wildman–Crippen LogP) is 3.37. The van der Waals surface area contributed by atoms with Crippen LogP contribution in [0.5, 0.6) is 5.75 Å². The number of benzene rings is 2. The van der Waals surface area contributed by atoms with Crippen LogP contribution in [0.25, 0.3) is 11.1 Å². The van der Waals surface area contributed by atoms with E-state index in [0.717, 1.165) is 22.4 Å². The molecule has 1 aliphatic heterocycles. The number of carboxylic acid groups (broad SMARTS) is 1. The van der Waals surface area contributed by atoms with Gasteiger partial charge in [-0.2, -0.15) is 0 Å². The molecule has 6 heteroatoms. The van der Waals surface area contributed by atoms with Crippen molar-refractivity contribution in [3.05, 3.63) is 54.1 Å². The van der Waals surface area contributed by atoms with E-state index in [1.54, 1.807) is 18.9 Å². The molecule has 1 unspecified atom stereocenters. The maximum Gasteiger partial charge on any atom is 0.317 e. The van der Waals surface area contributed by atoms with Gasteiger partial charge in [0.15, 0.2) is 0 Å². The normalized spacial score (nSPS) is 19.0. The molecule has 142 valence electrons. The molecule has 0 saturated carbocycles. The fourth-order valence-electron chi connectivity index (χ4n) is 3.22. The first-order valence-corrected chi connectivity index (χ1v) is 8.91. The lowest BCUT2D eigenvalue weighted by Gasteiger charge is -2.20. The molecule has 3 rings (SSSR count). The predicted molar refractivity (Wildman–Crippen MR) is 103 cm³/mol. The van der Waals surface area contributed by atoms with Gasteiger partial charge in [0.05, 0.1) is 12.5 Å². The Labute approximate surface area is 158 Å². The van der Waals surface area contributed by atoms with Crippen LogP contribution in [0.15, 0.2) is 48.5 Å². The molecule has 1 aliphatic rings. The number of carboxylic acids is 1. The van der Waals surface area contributed by atoms with Crippen LogP contribution in [-0.4, -0.2) is 42.2 Å². The smallest absolute Gasteiger partial charge is 0.317 e. The summed E-state index contributed by atoms with van der Waals surface area (Å²) in [7, 11) is 1.64. The molecule has 1 atom stereocenters. The maximum absolute atomic E-state index is 12.3. The lowest BCUT2D eigenvalue weighted by Crippen LogP contribution is -2.40. The molecule has 0 radical (unpaired) electrons. The zero-order chi connectivity index (χ0) is 19.4. The summed E-state index contributed by atoms with van der Waals surface area (Å²) < 4.78 is 5.25. The first-order chi connectivity index (χ1) is 12.9. The van der Waals surface area contributed by atoms with Crippen molar-refractivity contribution in [1.29, 1.82) is 0 Å². The summed E-state index contributed by atoms with van der Waals surface area (Å²) in [5.41, 5.74) is 2.27. The average molecular weight is 368 g/mol. The van der Waals surface area contributed by atoms with Crippen LogP contribution in [0.1, 0.15) is 18.9 Å². The van der Waals surface area contributed by atoms with Crippen LogP contribution in [0.2, 0.25) is 0 Å². The van der Waals surface area contributed by atoms with E-state index in [-0.39, 0.29) is 12.6 Å². The highest BCUT2D eigenvalue weighted by Crippen LogP contribution is 2.30. The van der Waals surface area contributed by atoms with E-state index in [2.05, 4.69) is 5.32 Å². The van der Waals surface area contributed by atoms with E-state index in [9.17, 15) is 14.7 Å². The highest BCUT2D eigenvalue weighted by atomic mass is 16.5. The Morgan fingerprint density at radius 3 is 2.56 bits per heavy atom. The van der Waals surface area contributed by atoms with Crippen molar-refractivity contribution in [2.75, 3.05) is 20.2 Å². The monoisotopic (exact) mass is 368 g/mol. The molecular weight excluding hydrogens is 344 g/mol. The highest BCUT2D eigenvalue weighted by Gasteiger charge is 2.42. The second-order valence-electron chi connectivity index (χ2n) is 7.12. The summed E-state index contributed by atoms with van der Waals surface area (Å²) in [6.45, 7) is 2.78. The quantitative estimate of drug-likeness (QED) is 0.848. The molecule has 2 aromatic carbocycles. The van der Waals surface area contributed by atoms with Crippen molar-refractivity contribution in [3.8, 4) is 16.9 Å². The minimum atomic E-state index is -0.856. The second kappa shape index (κ2) is 7.70. The third kappa shape index (κ3) is 4.22. The van der Waals surface area contributed by atoms with Gasteiger partial charge in [-0.3, -0.25) is 4.79 Å². The summed E-state index contributed by atoms with van der Waals surface area (Å²) in [4.78, 5) is 25.2. The van der Waals surface area contributed by atoms with Crippen LogP contribution in [0, 0.1) is 5.41 Å². The molecule has 0 aliphatic carbocycles. The van der Waals surface area contributed by atoms with Gasteiger partial charge in [-0.15, -0.1) is 0 Å². The first-order valence-electron chi connectivity index (χ1n) is 8.91. The fourth-order valence-corrected chi connectivity index (χ4v) is 3.22. The summed E-state index contributed by atoms with van der Waals surface area (Å²) in [6, 6.07) is 15.6. The summed E-state index contributed by atoms with van der Waals surface area (Å²) in [5, 5.41) is 12.1. The summed E-state index contributed by atoms with van der Waals surface area (Å²) in [5.74, 6) is -0.0475. The largest absolute Gasteiger partial charge is 0.497 e. The molecule has 2 amide bonds. The van der Waals surface area contributed by atoms with E-state index in [0.29, 0.717) is 19.5 Å². The minimum absolute atomic E-state index is 0.225. The van der Waals surface area contributed by atoms with Gasteiger partial charge in [-0.05, 0) is 42.2 Å². The number of likely N-dealkylation sites (tertiary alicyclic amines) is 1. The number of hydrogen-bond donors (Lipinski definition) is 2. The molecule has 2 N–H and O–H groups in total. The number of aliphatic carboxylic acids is 1. The Bertz CT molecular complexity index is 834. The van der Waals surface area contributed by atoms with Crippen LogP contribution < -0.4 is 10.1 Å². The Balaban J connectivity index is 1.57. The third-order valence-corrected chi connectivity index (χ3v) is 5.08. The molecule has 1 heterocycles. The van der Waals surface area contributed by atoms with Gasteiger partial charge in [-0.25, -0.2) is 4.79 Å². The fraction of sp³-hybridized carbons (Fsp3) is 0.333. The first kappa shape index (κ1) is 18.8. The minimum Gasteiger partial charge on any atom is -0.497 e. The number of carbonyl (C=O) groups is 2. The number of nitrogens with one attached hydrogen (secondary N) is 1.